The van der Waals surface area contributed by atoms with Gasteiger partial charge in [-0.25, -0.2) is 4.98 Å². The van der Waals surface area contributed by atoms with E-state index >= 15 is 0 Å². The van der Waals surface area contributed by atoms with Crippen molar-refractivity contribution in [3.05, 3.63) is 53.3 Å². The molecule has 0 unspecified atom stereocenters. The first kappa shape index (κ1) is 17.2. The molecule has 3 heterocycles. The molecule has 1 atom stereocenters. The molecule has 0 saturated heterocycles. The van der Waals surface area contributed by atoms with Crippen LogP contribution in [0, 0.1) is 5.92 Å². The topological polar surface area (TPSA) is 75.4 Å². The van der Waals surface area contributed by atoms with Gasteiger partial charge in [-0.1, -0.05) is 6.07 Å². The van der Waals surface area contributed by atoms with E-state index in [1.807, 2.05) is 22.4 Å². The van der Waals surface area contributed by atoms with Crippen LogP contribution in [0.2, 0.25) is 0 Å². The van der Waals surface area contributed by atoms with Crippen molar-refractivity contribution in [3.63, 3.8) is 0 Å². The quantitative estimate of drug-likeness (QED) is 0.715. The lowest BCUT2D eigenvalue weighted by Crippen LogP contribution is -2.36. The lowest BCUT2D eigenvalue weighted by molar-refractivity contribution is -0.120. The van der Waals surface area contributed by atoms with Crippen molar-refractivity contribution in [1.29, 1.82) is 0 Å². The minimum absolute atomic E-state index is 0.192. The molecule has 0 bridgehead atoms. The number of nitrogens with zero attached hydrogens (tertiary/aromatic N) is 2. The summed E-state index contributed by atoms with van der Waals surface area (Å²) < 4.78 is 5.10. The van der Waals surface area contributed by atoms with Gasteiger partial charge in [-0.2, -0.15) is 0 Å². The molecule has 1 N–H and O–H groups in total. The SMILES string of the molecule is C[C@H]1Cc2cc(-c3csc(NC(=O)c4ccco4)n3)ccc2N1C(=O)C1CC1. The van der Waals surface area contributed by atoms with Crippen LogP contribution in [0.4, 0.5) is 10.8 Å². The molecule has 1 aromatic carbocycles. The highest BCUT2D eigenvalue weighted by molar-refractivity contribution is 7.14. The maximum absolute atomic E-state index is 12.6. The molecule has 1 aliphatic heterocycles. The zero-order valence-electron chi connectivity index (χ0n) is 15.3. The maximum Gasteiger partial charge on any atom is 0.293 e. The molecule has 3 aromatic rings. The Labute approximate surface area is 166 Å². The highest BCUT2D eigenvalue weighted by Gasteiger charge is 2.39. The molecule has 28 heavy (non-hydrogen) atoms. The fourth-order valence-electron chi connectivity index (χ4n) is 3.68. The lowest BCUT2D eigenvalue weighted by atomic mass is 10.1. The summed E-state index contributed by atoms with van der Waals surface area (Å²) in [6.45, 7) is 2.10. The molecular formula is C21H19N3O3S. The Morgan fingerprint density at radius 3 is 2.89 bits per heavy atom. The normalized spacial score (nSPS) is 18.2. The van der Waals surface area contributed by atoms with Crippen molar-refractivity contribution in [2.75, 3.05) is 10.2 Å². The Morgan fingerprint density at radius 1 is 1.29 bits per heavy atom. The summed E-state index contributed by atoms with van der Waals surface area (Å²) in [4.78, 5) is 31.2. The van der Waals surface area contributed by atoms with Gasteiger partial charge in [-0.3, -0.25) is 14.9 Å². The van der Waals surface area contributed by atoms with Gasteiger partial charge in [0.25, 0.3) is 5.91 Å². The molecule has 2 aliphatic rings. The number of nitrogens with one attached hydrogen (secondary N) is 1. The maximum atomic E-state index is 12.6. The molecule has 2 amide bonds. The Bertz CT molecular complexity index is 1050. The number of carbonyl (C=O) groups is 2. The van der Waals surface area contributed by atoms with E-state index in [1.165, 1.54) is 23.2 Å². The minimum atomic E-state index is -0.317. The molecule has 7 heteroatoms. The zero-order valence-corrected chi connectivity index (χ0v) is 16.2. The number of amides is 2. The summed E-state index contributed by atoms with van der Waals surface area (Å²) in [5, 5.41) is 5.20. The molecule has 142 valence electrons. The third kappa shape index (κ3) is 3.01. The van der Waals surface area contributed by atoms with Crippen LogP contribution >= 0.6 is 11.3 Å². The second-order valence-electron chi connectivity index (χ2n) is 7.35. The van der Waals surface area contributed by atoms with Gasteiger partial charge in [0.05, 0.1) is 12.0 Å². The molecular weight excluding hydrogens is 374 g/mol. The number of benzene rings is 1. The molecule has 1 aliphatic carbocycles. The Balaban J connectivity index is 1.37. The second kappa shape index (κ2) is 6.60. The average Bonchev–Trinajstić information content (AvgIpc) is 3.07. The van der Waals surface area contributed by atoms with E-state index < -0.39 is 0 Å². The Kier molecular flexibility index (Phi) is 4.05. The van der Waals surface area contributed by atoms with E-state index in [2.05, 4.69) is 23.3 Å². The molecule has 6 nitrogen and oxygen atoms in total. The summed E-state index contributed by atoms with van der Waals surface area (Å²) in [7, 11) is 0. The standard InChI is InChI=1S/C21H19N3O3S/c1-12-9-15-10-14(6-7-17(15)24(12)20(26)13-4-5-13)16-11-28-21(22-16)23-19(25)18-3-2-8-27-18/h2-3,6-8,10-13H,4-5,9H2,1H3,(H,22,23,25)/t12-/m0/s1. The van der Waals surface area contributed by atoms with E-state index in [-0.39, 0.29) is 29.5 Å². The van der Waals surface area contributed by atoms with Crippen molar-refractivity contribution in [2.24, 2.45) is 5.92 Å². The first-order chi connectivity index (χ1) is 13.6. The van der Waals surface area contributed by atoms with Crippen LogP contribution in [0.3, 0.4) is 0 Å². The van der Waals surface area contributed by atoms with Crippen molar-refractivity contribution in [3.8, 4) is 11.3 Å². The van der Waals surface area contributed by atoms with Crippen LogP contribution in [-0.2, 0) is 11.2 Å². The highest BCUT2D eigenvalue weighted by Crippen LogP contribution is 2.40. The van der Waals surface area contributed by atoms with E-state index in [0.717, 1.165) is 36.2 Å². The van der Waals surface area contributed by atoms with Gasteiger partial charge in [0.1, 0.15) is 0 Å². The Hall–Kier alpha value is -2.93. The van der Waals surface area contributed by atoms with Gasteiger partial charge in [0.15, 0.2) is 10.9 Å². The molecule has 5 rings (SSSR count). The number of hydrogen-bond donors (Lipinski definition) is 1. The number of aromatic nitrogens is 1. The number of carbonyl (C=O) groups excluding carboxylic acids is 2. The third-order valence-electron chi connectivity index (χ3n) is 5.22. The van der Waals surface area contributed by atoms with Gasteiger partial charge in [-0.05, 0) is 56.0 Å². The van der Waals surface area contributed by atoms with E-state index in [9.17, 15) is 9.59 Å². The molecule has 1 fully saturated rings. The predicted molar refractivity (Wildman–Crippen MR) is 108 cm³/mol. The van der Waals surface area contributed by atoms with Crippen molar-refractivity contribution in [1.82, 2.24) is 4.98 Å². The molecule has 0 spiro atoms. The average molecular weight is 393 g/mol. The monoisotopic (exact) mass is 393 g/mol. The number of fused-ring (bicyclic) bond motifs is 1. The summed E-state index contributed by atoms with van der Waals surface area (Å²) in [5.41, 5.74) is 3.99. The summed E-state index contributed by atoms with van der Waals surface area (Å²) in [5.74, 6) is 0.411. The van der Waals surface area contributed by atoms with Gasteiger partial charge < -0.3 is 9.32 Å². The second-order valence-corrected chi connectivity index (χ2v) is 8.21. The third-order valence-corrected chi connectivity index (χ3v) is 5.98. The van der Waals surface area contributed by atoms with Crippen LogP contribution in [0.15, 0.2) is 46.4 Å². The van der Waals surface area contributed by atoms with E-state index in [4.69, 9.17) is 4.42 Å². The van der Waals surface area contributed by atoms with Crippen molar-refractivity contribution >= 4 is 34.0 Å². The van der Waals surface area contributed by atoms with Crippen LogP contribution < -0.4 is 10.2 Å². The molecule has 1 saturated carbocycles. The van der Waals surface area contributed by atoms with E-state index in [0.29, 0.717) is 5.13 Å². The predicted octanol–water partition coefficient (Wildman–Crippen LogP) is 4.34. The van der Waals surface area contributed by atoms with Crippen molar-refractivity contribution in [2.45, 2.75) is 32.2 Å². The van der Waals surface area contributed by atoms with E-state index in [1.54, 1.807) is 12.1 Å². The summed E-state index contributed by atoms with van der Waals surface area (Å²) >= 11 is 1.37. The first-order valence-electron chi connectivity index (χ1n) is 9.37. The smallest absolute Gasteiger partial charge is 0.293 e. The fraction of sp³-hybridized carbons (Fsp3) is 0.286. The van der Waals surface area contributed by atoms with Crippen LogP contribution in [0.5, 0.6) is 0 Å². The first-order valence-corrected chi connectivity index (χ1v) is 10.2. The number of hydrogen-bond acceptors (Lipinski definition) is 5. The molecule has 0 radical (unpaired) electrons. The number of thiazole rings is 1. The lowest BCUT2D eigenvalue weighted by Gasteiger charge is -2.22. The van der Waals surface area contributed by atoms with Gasteiger partial charge in [0, 0.05) is 28.6 Å². The van der Waals surface area contributed by atoms with Gasteiger partial charge in [0.2, 0.25) is 5.91 Å². The number of rotatable bonds is 4. The Morgan fingerprint density at radius 2 is 2.14 bits per heavy atom. The zero-order chi connectivity index (χ0) is 19.3. The summed E-state index contributed by atoms with van der Waals surface area (Å²) in [6.07, 6.45) is 4.35. The summed E-state index contributed by atoms with van der Waals surface area (Å²) in [6, 6.07) is 9.60. The minimum Gasteiger partial charge on any atom is -0.459 e. The van der Waals surface area contributed by atoms with Crippen molar-refractivity contribution < 1.29 is 14.0 Å². The highest BCUT2D eigenvalue weighted by atomic mass is 32.1. The van der Waals surface area contributed by atoms with Crippen LogP contribution in [0.1, 0.15) is 35.9 Å². The fourth-order valence-corrected chi connectivity index (χ4v) is 4.40. The van der Waals surface area contributed by atoms with Crippen LogP contribution in [0.25, 0.3) is 11.3 Å². The molecule has 2 aromatic heterocycles. The largest absolute Gasteiger partial charge is 0.459 e. The van der Waals surface area contributed by atoms with Crippen LogP contribution in [-0.4, -0.2) is 22.8 Å². The number of furan rings is 1. The number of anilines is 2. The van der Waals surface area contributed by atoms with Gasteiger partial charge >= 0.3 is 0 Å². The van der Waals surface area contributed by atoms with Gasteiger partial charge in [-0.15, -0.1) is 11.3 Å².